The summed E-state index contributed by atoms with van der Waals surface area (Å²) in [6.45, 7) is 0.713. The van der Waals surface area contributed by atoms with E-state index < -0.39 is 0 Å². The largest absolute Gasteiger partial charge is 0.355 e. The van der Waals surface area contributed by atoms with Gasteiger partial charge in [-0.1, -0.05) is 48.0 Å². The highest BCUT2D eigenvalue weighted by Crippen LogP contribution is 2.33. The van der Waals surface area contributed by atoms with Crippen molar-refractivity contribution in [1.82, 2.24) is 14.9 Å². The van der Waals surface area contributed by atoms with Crippen molar-refractivity contribution in [2.45, 2.75) is 6.42 Å². The second-order valence-corrected chi connectivity index (χ2v) is 8.05. The number of benzene rings is 3. The first-order valence-electron chi connectivity index (χ1n) is 10.1. The molecule has 1 aliphatic heterocycles. The molecule has 6 heteroatoms. The number of hydrogen-bond donors (Lipinski definition) is 2. The molecular weight excluding hydrogens is 408 g/mol. The summed E-state index contributed by atoms with van der Waals surface area (Å²) in [6, 6.07) is 21.6. The number of anilines is 2. The number of aromatic nitrogens is 2. The van der Waals surface area contributed by atoms with Crippen LogP contribution in [0.2, 0.25) is 5.02 Å². The lowest BCUT2D eigenvalue weighted by Crippen LogP contribution is -2.34. The summed E-state index contributed by atoms with van der Waals surface area (Å²) in [5.74, 6) is 0.769. The summed E-state index contributed by atoms with van der Waals surface area (Å²) in [7, 11) is 1.84. The maximum absolute atomic E-state index is 12.5. The summed E-state index contributed by atoms with van der Waals surface area (Å²) >= 11 is 6.50. The number of nitrogens with zero attached hydrogens (tertiary/aromatic N) is 2. The molecular formula is C25H21ClN4O. The van der Waals surface area contributed by atoms with E-state index in [1.54, 1.807) is 4.90 Å². The van der Waals surface area contributed by atoms with Crippen LogP contribution in [0, 0.1) is 0 Å². The molecule has 0 spiro atoms. The Hall–Kier alpha value is -3.57. The van der Waals surface area contributed by atoms with Crippen molar-refractivity contribution in [2.24, 2.45) is 0 Å². The van der Waals surface area contributed by atoms with E-state index in [0.29, 0.717) is 17.4 Å². The third-order valence-corrected chi connectivity index (χ3v) is 5.94. The number of H-pyrrole nitrogens is 1. The molecule has 2 N–H and O–H groups in total. The minimum Gasteiger partial charge on any atom is -0.355 e. The predicted molar refractivity (Wildman–Crippen MR) is 125 cm³/mol. The van der Waals surface area contributed by atoms with E-state index in [4.69, 9.17) is 11.6 Å². The second-order valence-electron chi connectivity index (χ2n) is 7.64. The molecule has 0 aliphatic carbocycles. The summed E-state index contributed by atoms with van der Waals surface area (Å²) in [5.41, 5.74) is 6.45. The Morgan fingerprint density at radius 3 is 2.71 bits per heavy atom. The molecule has 1 amide bonds. The Morgan fingerprint density at radius 1 is 1.03 bits per heavy atom. The highest BCUT2D eigenvalue weighted by molar-refractivity contribution is 6.33. The molecule has 0 radical (unpaired) electrons. The molecule has 4 aromatic rings. The number of likely N-dealkylation sites (N-methyl/N-ethyl adjacent to an activating group) is 1. The average molecular weight is 429 g/mol. The number of hydrogen-bond acceptors (Lipinski definition) is 3. The maximum atomic E-state index is 12.5. The van der Waals surface area contributed by atoms with Crippen LogP contribution in [0.3, 0.4) is 0 Å². The van der Waals surface area contributed by atoms with E-state index in [1.807, 2.05) is 80.0 Å². The lowest BCUT2D eigenvalue weighted by molar-refractivity contribution is 0.0781. The van der Waals surface area contributed by atoms with Gasteiger partial charge in [-0.15, -0.1) is 0 Å². The van der Waals surface area contributed by atoms with Crippen LogP contribution in [0.4, 0.5) is 11.4 Å². The molecule has 154 valence electrons. The lowest BCUT2D eigenvalue weighted by Gasteiger charge is -2.26. The van der Waals surface area contributed by atoms with E-state index in [0.717, 1.165) is 45.7 Å². The zero-order valence-corrected chi connectivity index (χ0v) is 17.8. The minimum absolute atomic E-state index is 0.0609. The van der Waals surface area contributed by atoms with Gasteiger partial charge < -0.3 is 15.2 Å². The average Bonchev–Trinajstić information content (AvgIpc) is 3.29. The number of imidazole rings is 1. The first kappa shape index (κ1) is 19.4. The van der Waals surface area contributed by atoms with Gasteiger partial charge in [0.05, 0.1) is 16.9 Å². The first-order valence-corrected chi connectivity index (χ1v) is 10.5. The fourth-order valence-corrected chi connectivity index (χ4v) is 4.13. The highest BCUT2D eigenvalue weighted by atomic mass is 35.5. The van der Waals surface area contributed by atoms with Crippen molar-refractivity contribution in [1.29, 1.82) is 0 Å². The van der Waals surface area contributed by atoms with Crippen LogP contribution in [-0.4, -0.2) is 34.4 Å². The van der Waals surface area contributed by atoms with Crippen molar-refractivity contribution in [3.8, 4) is 22.6 Å². The van der Waals surface area contributed by atoms with Crippen molar-refractivity contribution < 1.29 is 4.79 Å². The van der Waals surface area contributed by atoms with Crippen molar-refractivity contribution in [3.05, 3.63) is 89.1 Å². The third-order valence-electron chi connectivity index (χ3n) is 5.61. The predicted octanol–water partition coefficient (Wildman–Crippen LogP) is 5.77. The molecule has 5 rings (SSSR count). The second kappa shape index (κ2) is 7.93. The number of fused-ring (bicyclic) bond motifs is 1. The SMILES string of the molecule is CN1CCc2c(Nc3ccc(Cl)c(-c4ncc(-c5ccccc5)[nH]4)c3)cccc2C1=O. The monoisotopic (exact) mass is 428 g/mol. The van der Waals surface area contributed by atoms with Crippen LogP contribution >= 0.6 is 11.6 Å². The lowest BCUT2D eigenvalue weighted by atomic mass is 9.97. The van der Waals surface area contributed by atoms with Gasteiger partial charge in [0.15, 0.2) is 0 Å². The number of aromatic amines is 1. The van der Waals surface area contributed by atoms with Gasteiger partial charge in [-0.2, -0.15) is 0 Å². The minimum atomic E-state index is 0.0609. The number of halogens is 1. The summed E-state index contributed by atoms with van der Waals surface area (Å²) in [5, 5.41) is 4.09. The quantitative estimate of drug-likeness (QED) is 0.434. The van der Waals surface area contributed by atoms with Crippen LogP contribution in [0.1, 0.15) is 15.9 Å². The molecule has 0 bridgehead atoms. The maximum Gasteiger partial charge on any atom is 0.253 e. The van der Waals surface area contributed by atoms with Crippen molar-refractivity contribution >= 4 is 28.9 Å². The van der Waals surface area contributed by atoms with Crippen LogP contribution in [-0.2, 0) is 6.42 Å². The molecule has 2 heterocycles. The standard InChI is InChI=1S/C25H21ClN4O/c1-30-13-12-18-19(25(30)31)8-5-9-22(18)28-17-10-11-21(26)20(14-17)24-27-15-23(29-24)16-6-3-2-4-7-16/h2-11,14-15,28H,12-13H2,1H3,(H,27,29). The van der Waals surface area contributed by atoms with E-state index >= 15 is 0 Å². The number of carbonyl (C=O) groups is 1. The van der Waals surface area contributed by atoms with Gasteiger partial charge in [0.2, 0.25) is 0 Å². The smallest absolute Gasteiger partial charge is 0.253 e. The molecule has 0 unspecified atom stereocenters. The fourth-order valence-electron chi connectivity index (χ4n) is 3.92. The number of amides is 1. The van der Waals surface area contributed by atoms with Crippen molar-refractivity contribution in [2.75, 3.05) is 18.9 Å². The molecule has 1 aliphatic rings. The van der Waals surface area contributed by atoms with Gasteiger partial charge in [-0.05, 0) is 47.9 Å². The van der Waals surface area contributed by atoms with Gasteiger partial charge in [0, 0.05) is 36.1 Å². The molecule has 3 aromatic carbocycles. The fraction of sp³-hybridized carbons (Fsp3) is 0.120. The topological polar surface area (TPSA) is 61.0 Å². The molecule has 0 atom stereocenters. The first-order chi connectivity index (χ1) is 15.1. The molecule has 0 saturated carbocycles. The van der Waals surface area contributed by atoms with Crippen LogP contribution in [0.15, 0.2) is 72.9 Å². The van der Waals surface area contributed by atoms with Crippen LogP contribution in [0.5, 0.6) is 0 Å². The van der Waals surface area contributed by atoms with E-state index in [-0.39, 0.29) is 5.91 Å². The van der Waals surface area contributed by atoms with Gasteiger partial charge in [-0.3, -0.25) is 4.79 Å². The van der Waals surface area contributed by atoms with Crippen molar-refractivity contribution in [3.63, 3.8) is 0 Å². The normalized spacial score (nSPS) is 13.2. The van der Waals surface area contributed by atoms with E-state index in [1.165, 1.54) is 0 Å². The molecule has 1 aromatic heterocycles. The Labute approximate surface area is 185 Å². The Bertz CT molecular complexity index is 1270. The Morgan fingerprint density at radius 2 is 1.87 bits per heavy atom. The van der Waals surface area contributed by atoms with Gasteiger partial charge >= 0.3 is 0 Å². The third kappa shape index (κ3) is 3.68. The molecule has 5 nitrogen and oxygen atoms in total. The summed E-state index contributed by atoms with van der Waals surface area (Å²) in [6.07, 6.45) is 2.64. The Kier molecular flexibility index (Phi) is 4.96. The number of nitrogens with one attached hydrogen (secondary N) is 2. The zero-order valence-electron chi connectivity index (χ0n) is 17.0. The van der Waals surface area contributed by atoms with Gasteiger partial charge in [0.1, 0.15) is 5.82 Å². The molecule has 0 fully saturated rings. The number of carbonyl (C=O) groups excluding carboxylic acids is 1. The van der Waals surface area contributed by atoms with Crippen LogP contribution < -0.4 is 5.32 Å². The zero-order chi connectivity index (χ0) is 21.4. The highest BCUT2D eigenvalue weighted by Gasteiger charge is 2.23. The summed E-state index contributed by atoms with van der Waals surface area (Å²) in [4.78, 5) is 22.2. The van der Waals surface area contributed by atoms with Crippen LogP contribution in [0.25, 0.3) is 22.6 Å². The van der Waals surface area contributed by atoms with Gasteiger partial charge in [-0.25, -0.2) is 4.98 Å². The van der Waals surface area contributed by atoms with Gasteiger partial charge in [0.25, 0.3) is 5.91 Å². The number of rotatable bonds is 4. The molecule has 0 saturated heterocycles. The molecule has 31 heavy (non-hydrogen) atoms. The Balaban J connectivity index is 1.47. The van der Waals surface area contributed by atoms with E-state index in [2.05, 4.69) is 15.3 Å². The summed E-state index contributed by atoms with van der Waals surface area (Å²) < 4.78 is 0. The van der Waals surface area contributed by atoms with E-state index in [9.17, 15) is 4.79 Å².